The molecule has 4 heterocycles. The molecule has 400 valence electrons. The number of aliphatic carboxylic acids is 1. The third-order valence-electron chi connectivity index (χ3n) is 12.0. The van der Waals surface area contributed by atoms with Crippen LogP contribution in [0.1, 0.15) is 60.0 Å². The van der Waals surface area contributed by atoms with Crippen LogP contribution >= 0.6 is 0 Å². The number of alkyl halides is 3. The highest BCUT2D eigenvalue weighted by Crippen LogP contribution is 2.31. The predicted octanol–water partition coefficient (Wildman–Crippen LogP) is -1.37. The fraction of sp³-hybridized carbons (Fsp3) is 0.429. The number of carboxylic acid groups (broad SMARTS) is 1. The van der Waals surface area contributed by atoms with Gasteiger partial charge in [-0.15, -0.1) is 0 Å². The molecule has 22 nitrogen and oxygen atoms in total. The Balaban J connectivity index is 0.00000135. The maximum Gasteiger partial charge on any atom is 0.430 e. The van der Waals surface area contributed by atoms with Crippen molar-refractivity contribution in [3.05, 3.63) is 102 Å². The number of nitrogens with zero attached hydrogens (tertiary/aromatic N) is 3. The van der Waals surface area contributed by atoms with Crippen molar-refractivity contribution < 1.29 is 86.3 Å². The van der Waals surface area contributed by atoms with Gasteiger partial charge < -0.3 is 72.1 Å². The highest BCUT2D eigenvalue weighted by atomic mass is 19.4. The molecule has 74 heavy (non-hydrogen) atoms. The number of carbonyl (C=O) groups excluding carboxylic acids is 7. The molecule has 11 N–H and O–H groups in total. The van der Waals surface area contributed by atoms with Crippen molar-refractivity contribution in [2.75, 3.05) is 50.4 Å². The lowest BCUT2D eigenvalue weighted by Crippen LogP contribution is -2.60. The average molecular weight is 1040 g/mol. The summed E-state index contributed by atoms with van der Waals surface area (Å²) in [6.07, 6.45) is 0.232. The van der Waals surface area contributed by atoms with Crippen LogP contribution in [0.25, 0.3) is 6.08 Å². The summed E-state index contributed by atoms with van der Waals surface area (Å²) in [5.74, 6) is -5.38. The van der Waals surface area contributed by atoms with E-state index in [1.165, 1.54) is 12.1 Å². The zero-order chi connectivity index (χ0) is 54.1. The molecule has 1 aromatic heterocycles. The van der Waals surface area contributed by atoms with Crippen LogP contribution in [-0.4, -0.2) is 154 Å². The molecule has 0 bridgehead atoms. The maximum atomic E-state index is 13.3. The monoisotopic (exact) mass is 1040 g/mol. The normalized spacial score (nSPS) is 20.4. The van der Waals surface area contributed by atoms with Crippen molar-refractivity contribution in [2.45, 2.75) is 88.0 Å². The number of hydrogen-bond donors (Lipinski definition) is 9. The Kier molecular flexibility index (Phi) is 21.1. The molecule has 25 heteroatoms. The molecule has 0 radical (unpaired) electrons. The number of pyridine rings is 1. The molecule has 3 aliphatic rings. The second kappa shape index (κ2) is 27.1. The smallest absolute Gasteiger partial charge is 0.430 e. The molecule has 6 atom stereocenters. The van der Waals surface area contributed by atoms with Crippen LogP contribution in [0, 0.1) is 5.92 Å². The van der Waals surface area contributed by atoms with E-state index >= 15 is 0 Å². The Bertz CT molecular complexity index is 2520. The number of piperidine rings is 1. The number of unbranched alkanes of at least 4 members (excludes halogenated alkanes) is 1. The zero-order valence-electron chi connectivity index (χ0n) is 39.9. The van der Waals surface area contributed by atoms with Crippen LogP contribution in [0.15, 0.2) is 85.2 Å². The van der Waals surface area contributed by atoms with Crippen LogP contribution < -0.4 is 41.8 Å². The van der Waals surface area contributed by atoms with E-state index in [1.54, 1.807) is 42.5 Å². The maximum absolute atomic E-state index is 13.3. The SMILES string of the molecule is NC[C@@H](C(=O)NCCC(=O)Nc1cc(C[n+]2cccc(/C=C/C(=O)NCCCCC3CCN(C(=O)c4cccc(N)c4)CC3)c2)ccc1O[C@H]1O[C@H](CO)[C@@H](O)[C@H](O)[C@@H]1O)N1C(=O)C=CC1=O.O=C([O-])C(F)(F)F. The third kappa shape index (κ3) is 16.6. The fourth-order valence-electron chi connectivity index (χ4n) is 8.07. The minimum absolute atomic E-state index is 0.00376. The number of halogens is 3. The Labute approximate surface area is 422 Å². The summed E-state index contributed by atoms with van der Waals surface area (Å²) in [7, 11) is 0. The first-order chi connectivity index (χ1) is 35.2. The van der Waals surface area contributed by atoms with E-state index in [9.17, 15) is 62.4 Å². The number of aliphatic hydroxyl groups is 4. The van der Waals surface area contributed by atoms with Crippen molar-refractivity contribution in [3.63, 3.8) is 0 Å². The van der Waals surface area contributed by atoms with Crippen molar-refractivity contribution in [1.82, 2.24) is 20.4 Å². The van der Waals surface area contributed by atoms with Gasteiger partial charge in [-0.25, -0.2) is 4.57 Å². The number of rotatable bonds is 20. The number of aliphatic hydroxyl groups excluding tert-OH is 4. The van der Waals surface area contributed by atoms with Crippen LogP contribution in [0.2, 0.25) is 0 Å². The first-order valence-electron chi connectivity index (χ1n) is 23.5. The largest absolute Gasteiger partial charge is 0.542 e. The second-order valence-corrected chi connectivity index (χ2v) is 17.4. The lowest BCUT2D eigenvalue weighted by atomic mass is 9.91. The molecule has 0 unspecified atom stereocenters. The Morgan fingerprint density at radius 2 is 1.64 bits per heavy atom. The van der Waals surface area contributed by atoms with Gasteiger partial charge in [0.2, 0.25) is 24.0 Å². The Morgan fingerprint density at radius 3 is 2.28 bits per heavy atom. The molecule has 3 aliphatic heterocycles. The summed E-state index contributed by atoms with van der Waals surface area (Å²) in [6, 6.07) is 14.2. The molecule has 3 aromatic rings. The third-order valence-corrected chi connectivity index (χ3v) is 12.0. The number of nitrogens with two attached hydrogens (primary N) is 2. The summed E-state index contributed by atoms with van der Waals surface area (Å²) < 4.78 is 44.8. The average Bonchev–Trinajstić information content (AvgIpc) is 3.70. The van der Waals surface area contributed by atoms with Crippen LogP contribution in [0.3, 0.4) is 0 Å². The topological polar surface area (TPSA) is 340 Å². The van der Waals surface area contributed by atoms with Gasteiger partial charge in [-0.2, -0.15) is 13.2 Å². The van der Waals surface area contributed by atoms with E-state index in [0.29, 0.717) is 42.4 Å². The lowest BCUT2D eigenvalue weighted by molar-refractivity contribution is -0.688. The van der Waals surface area contributed by atoms with E-state index in [1.807, 2.05) is 34.0 Å². The molecule has 0 saturated carbocycles. The number of carboxylic acids is 1. The summed E-state index contributed by atoms with van der Waals surface area (Å²) in [5, 5.41) is 57.9. The predicted molar refractivity (Wildman–Crippen MR) is 253 cm³/mol. The van der Waals surface area contributed by atoms with Gasteiger partial charge in [-0.05, 0) is 73.7 Å². The number of amides is 6. The number of carbonyl (C=O) groups is 7. The number of nitrogens with one attached hydrogen (secondary N) is 3. The van der Waals surface area contributed by atoms with Crippen molar-refractivity contribution in [2.24, 2.45) is 11.7 Å². The Hall–Kier alpha value is -7.29. The number of likely N-dealkylation sites (tertiary alicyclic amines) is 1. The van der Waals surface area contributed by atoms with Gasteiger partial charge in [0.25, 0.3) is 17.7 Å². The minimum atomic E-state index is -5.19. The number of benzene rings is 2. The standard InChI is InChI=1S/C47H58N8O12.C2HF3O2/c48-25-35(55-40(59)13-14-41(55)60)45(64)51-19-15-39(58)52-34-23-31(9-11-36(34)66-47-44(63)43(62)42(61)37(28-56)67-47)27-53-20-4-6-30(26-53)10-12-38(57)50-18-2-1-5-29-16-21-54(22-17-29)46(65)32-7-3-8-33(49)24-32;3-2(4,5)1(6)7/h3-4,6-14,20,23-24,26,29,35,37,42-44,47,56,61-63H,1-2,5,15-19,21-22,25,27-28,48-49H2,(H2-,50,51,52,57,58,64);(H,6,7)/b12-10+;/t35-,37+,42+,43-,44-,47-;/m0./s1. The van der Waals surface area contributed by atoms with Gasteiger partial charge in [0.1, 0.15) is 42.2 Å². The highest BCUT2D eigenvalue weighted by Gasteiger charge is 2.45. The van der Waals surface area contributed by atoms with E-state index in [2.05, 4.69) is 16.0 Å². The summed E-state index contributed by atoms with van der Waals surface area (Å²) in [5.41, 5.74) is 14.2. The van der Waals surface area contributed by atoms with Gasteiger partial charge in [0.05, 0.1) is 12.3 Å². The van der Waals surface area contributed by atoms with Crippen LogP contribution in [-0.2, 0) is 40.0 Å². The molecule has 2 saturated heterocycles. The van der Waals surface area contributed by atoms with Gasteiger partial charge >= 0.3 is 6.18 Å². The van der Waals surface area contributed by atoms with Gasteiger partial charge in [-0.1, -0.05) is 18.9 Å². The van der Waals surface area contributed by atoms with Gasteiger partial charge in [0.15, 0.2) is 18.9 Å². The molecule has 0 spiro atoms. The molecular formula is C49H59F3N8O14. The molecule has 2 fully saturated rings. The lowest BCUT2D eigenvalue weighted by Gasteiger charge is -2.39. The zero-order valence-corrected chi connectivity index (χ0v) is 39.9. The number of aromatic nitrogens is 1. The van der Waals surface area contributed by atoms with Crippen LogP contribution in [0.4, 0.5) is 24.5 Å². The molecule has 0 aliphatic carbocycles. The number of nitrogen functional groups attached to an aromatic ring is 1. The summed E-state index contributed by atoms with van der Waals surface area (Å²) in [6.45, 7) is 1.03. The fourth-order valence-corrected chi connectivity index (χ4v) is 8.07. The molecule has 6 amide bonds. The van der Waals surface area contributed by atoms with Gasteiger partial charge in [-0.3, -0.25) is 33.7 Å². The van der Waals surface area contributed by atoms with E-state index in [-0.39, 0.29) is 49.3 Å². The highest BCUT2D eigenvalue weighted by molar-refractivity contribution is 6.15. The van der Waals surface area contributed by atoms with E-state index in [4.69, 9.17) is 30.8 Å². The number of hydrogen-bond acceptors (Lipinski definition) is 16. The van der Waals surface area contributed by atoms with E-state index in [0.717, 1.165) is 54.7 Å². The molecule has 2 aromatic carbocycles. The minimum Gasteiger partial charge on any atom is -0.542 e. The second-order valence-electron chi connectivity index (χ2n) is 17.4. The van der Waals surface area contributed by atoms with E-state index < -0.39 is 79.1 Å². The van der Waals surface area contributed by atoms with Crippen molar-refractivity contribution in [3.8, 4) is 5.75 Å². The summed E-state index contributed by atoms with van der Waals surface area (Å²) >= 11 is 0. The molecular weight excluding hydrogens is 982 g/mol. The van der Waals surface area contributed by atoms with Crippen molar-refractivity contribution >= 4 is 58.9 Å². The Morgan fingerprint density at radius 1 is 0.932 bits per heavy atom. The summed E-state index contributed by atoms with van der Waals surface area (Å²) in [4.78, 5) is 87.2. The first kappa shape index (κ1) is 57.6. The first-order valence-corrected chi connectivity index (χ1v) is 23.5. The van der Waals surface area contributed by atoms with Crippen molar-refractivity contribution in [1.29, 1.82) is 0 Å². The van der Waals surface area contributed by atoms with Gasteiger partial charge in [0, 0.05) is 85.8 Å². The van der Waals surface area contributed by atoms with Crippen LogP contribution in [0.5, 0.6) is 5.75 Å². The molecule has 6 rings (SSSR count). The quantitative estimate of drug-likeness (QED) is 0.0207. The number of imide groups is 1. The number of anilines is 2. The number of ether oxygens (including phenoxy) is 2.